The molecule has 34 heavy (non-hydrogen) atoms. The molecular weight excluding hydrogens is 448 g/mol. The van der Waals surface area contributed by atoms with E-state index < -0.39 is 11.2 Å². The highest BCUT2D eigenvalue weighted by Crippen LogP contribution is 2.24. The van der Waals surface area contributed by atoms with Crippen molar-refractivity contribution in [2.45, 2.75) is 38.6 Å². The SMILES string of the molecule is Nc1c(N(CCC2=CCCCC2)C(=O)C=Cc2cccs2)c(=O)[nH]c(=O)n1Cc1ccccc1. The number of nitrogens with one attached hydrogen (secondary N) is 1. The molecule has 1 aliphatic rings. The third kappa shape index (κ3) is 5.63. The molecule has 4 rings (SSSR count). The summed E-state index contributed by atoms with van der Waals surface area (Å²) in [4.78, 5) is 43.5. The summed E-state index contributed by atoms with van der Waals surface area (Å²) in [6.45, 7) is 0.490. The number of aromatic amines is 1. The maximum Gasteiger partial charge on any atom is 0.330 e. The van der Waals surface area contributed by atoms with Crippen molar-refractivity contribution in [2.24, 2.45) is 0 Å². The minimum absolute atomic E-state index is 0.00719. The number of carbonyl (C=O) groups excluding carboxylic acids is 1. The lowest BCUT2D eigenvalue weighted by atomic mass is 9.97. The summed E-state index contributed by atoms with van der Waals surface area (Å²) in [5.41, 5.74) is 7.26. The molecule has 3 aromatic rings. The Morgan fingerprint density at radius 1 is 1.15 bits per heavy atom. The van der Waals surface area contributed by atoms with Crippen molar-refractivity contribution in [1.29, 1.82) is 0 Å². The van der Waals surface area contributed by atoms with E-state index in [4.69, 9.17) is 5.73 Å². The van der Waals surface area contributed by atoms with E-state index in [-0.39, 0.29) is 24.0 Å². The Morgan fingerprint density at radius 2 is 1.97 bits per heavy atom. The van der Waals surface area contributed by atoms with E-state index in [9.17, 15) is 14.4 Å². The van der Waals surface area contributed by atoms with Crippen LogP contribution in [0.15, 0.2) is 75.2 Å². The zero-order valence-electron chi connectivity index (χ0n) is 18.9. The van der Waals surface area contributed by atoms with Gasteiger partial charge in [-0.25, -0.2) is 4.79 Å². The van der Waals surface area contributed by atoms with Crippen molar-refractivity contribution >= 4 is 34.8 Å². The number of carbonyl (C=O) groups is 1. The number of hydrogen-bond donors (Lipinski definition) is 2. The second kappa shape index (κ2) is 11.0. The summed E-state index contributed by atoms with van der Waals surface area (Å²) < 4.78 is 1.30. The molecule has 0 atom stereocenters. The zero-order valence-corrected chi connectivity index (χ0v) is 19.7. The number of benzene rings is 1. The molecule has 0 spiro atoms. The molecule has 0 radical (unpaired) electrons. The molecule has 2 heterocycles. The molecule has 7 nitrogen and oxygen atoms in total. The topological polar surface area (TPSA) is 101 Å². The van der Waals surface area contributed by atoms with Crippen LogP contribution in [0.5, 0.6) is 0 Å². The molecule has 2 aromatic heterocycles. The van der Waals surface area contributed by atoms with Crippen LogP contribution in [0.1, 0.15) is 42.5 Å². The van der Waals surface area contributed by atoms with Crippen LogP contribution in [-0.2, 0) is 11.3 Å². The maximum atomic E-state index is 13.3. The maximum absolute atomic E-state index is 13.3. The van der Waals surface area contributed by atoms with E-state index in [1.54, 1.807) is 6.08 Å². The van der Waals surface area contributed by atoms with Gasteiger partial charge in [-0.1, -0.05) is 48.0 Å². The second-order valence-electron chi connectivity index (χ2n) is 8.26. The van der Waals surface area contributed by atoms with Crippen LogP contribution in [0.25, 0.3) is 6.08 Å². The van der Waals surface area contributed by atoms with E-state index in [1.165, 1.54) is 38.9 Å². The average Bonchev–Trinajstić information content (AvgIpc) is 3.37. The fourth-order valence-electron chi connectivity index (χ4n) is 4.11. The van der Waals surface area contributed by atoms with E-state index >= 15 is 0 Å². The molecule has 0 bridgehead atoms. The molecule has 8 heteroatoms. The summed E-state index contributed by atoms with van der Waals surface area (Å²) in [7, 11) is 0. The van der Waals surface area contributed by atoms with E-state index in [2.05, 4.69) is 11.1 Å². The molecule has 1 aliphatic carbocycles. The first-order valence-electron chi connectivity index (χ1n) is 11.4. The summed E-state index contributed by atoms with van der Waals surface area (Å²) in [5, 5.41) is 1.93. The van der Waals surface area contributed by atoms with Gasteiger partial charge in [0, 0.05) is 17.5 Å². The third-order valence-electron chi connectivity index (χ3n) is 5.91. The van der Waals surface area contributed by atoms with Crippen LogP contribution in [-0.4, -0.2) is 22.0 Å². The van der Waals surface area contributed by atoms with Gasteiger partial charge in [0.05, 0.1) is 6.54 Å². The second-order valence-corrected chi connectivity index (χ2v) is 9.24. The fraction of sp³-hybridized carbons (Fsp3) is 0.269. The van der Waals surface area contributed by atoms with Gasteiger partial charge in [-0.2, -0.15) is 0 Å². The first kappa shape index (κ1) is 23.5. The number of H-pyrrole nitrogens is 1. The quantitative estimate of drug-likeness (QED) is 0.376. The third-order valence-corrected chi connectivity index (χ3v) is 6.75. The van der Waals surface area contributed by atoms with Crippen LogP contribution in [0, 0.1) is 0 Å². The van der Waals surface area contributed by atoms with Crippen molar-refractivity contribution in [3.8, 4) is 0 Å². The highest BCUT2D eigenvalue weighted by Gasteiger charge is 2.23. The first-order chi connectivity index (χ1) is 16.5. The largest absolute Gasteiger partial charge is 0.383 e. The smallest absolute Gasteiger partial charge is 0.330 e. The number of rotatable bonds is 8. The molecule has 0 saturated carbocycles. The Bertz CT molecular complexity index is 1300. The van der Waals surface area contributed by atoms with E-state index in [0.717, 1.165) is 29.7 Å². The fourth-order valence-corrected chi connectivity index (χ4v) is 4.73. The zero-order chi connectivity index (χ0) is 23.9. The monoisotopic (exact) mass is 476 g/mol. The van der Waals surface area contributed by atoms with Gasteiger partial charge in [-0.15, -0.1) is 11.3 Å². The lowest BCUT2D eigenvalue weighted by Crippen LogP contribution is -2.41. The standard InChI is InChI=1S/C26H28N4O3S/c27-24-23(25(32)28-26(33)30(24)18-20-10-5-2-6-11-20)29(16-15-19-8-3-1-4-9-19)22(31)14-13-21-12-7-17-34-21/h2,5-8,10-14,17H,1,3-4,9,15-16,18,27H2,(H,28,32,33). The molecule has 0 saturated heterocycles. The predicted octanol–water partition coefficient (Wildman–Crippen LogP) is 4.17. The minimum Gasteiger partial charge on any atom is -0.383 e. The molecule has 0 unspecified atom stereocenters. The lowest BCUT2D eigenvalue weighted by Gasteiger charge is -2.24. The van der Waals surface area contributed by atoms with Crippen molar-refractivity contribution in [3.63, 3.8) is 0 Å². The van der Waals surface area contributed by atoms with Gasteiger partial charge in [-0.3, -0.25) is 19.1 Å². The van der Waals surface area contributed by atoms with Gasteiger partial charge >= 0.3 is 5.69 Å². The van der Waals surface area contributed by atoms with Crippen LogP contribution in [0.4, 0.5) is 11.5 Å². The van der Waals surface area contributed by atoms with Crippen molar-refractivity contribution in [2.75, 3.05) is 17.2 Å². The van der Waals surface area contributed by atoms with Gasteiger partial charge in [-0.05, 0) is 55.2 Å². The van der Waals surface area contributed by atoms with E-state index in [0.29, 0.717) is 13.0 Å². The summed E-state index contributed by atoms with van der Waals surface area (Å²) in [6.07, 6.45) is 10.4. The minimum atomic E-state index is -0.665. The summed E-state index contributed by atoms with van der Waals surface area (Å²) in [6, 6.07) is 13.2. The molecule has 0 aliphatic heterocycles. The van der Waals surface area contributed by atoms with E-state index in [1.807, 2.05) is 47.8 Å². The molecule has 3 N–H and O–H groups in total. The Morgan fingerprint density at radius 3 is 2.68 bits per heavy atom. The highest BCUT2D eigenvalue weighted by atomic mass is 32.1. The Kier molecular flexibility index (Phi) is 7.59. The van der Waals surface area contributed by atoms with Crippen molar-refractivity contribution in [1.82, 2.24) is 9.55 Å². The number of nitrogen functional groups attached to an aromatic ring is 1. The van der Waals surface area contributed by atoms with Gasteiger partial charge < -0.3 is 10.6 Å². The Balaban J connectivity index is 1.70. The van der Waals surface area contributed by atoms with Crippen LogP contribution >= 0.6 is 11.3 Å². The Hall–Kier alpha value is -3.65. The van der Waals surface area contributed by atoms with Gasteiger partial charge in [0.2, 0.25) is 0 Å². The first-order valence-corrected chi connectivity index (χ1v) is 12.3. The number of amides is 1. The number of nitrogens with zero attached hydrogens (tertiary/aromatic N) is 2. The number of thiophene rings is 1. The Labute approximate surface area is 201 Å². The number of allylic oxidation sites excluding steroid dienone is 1. The molecule has 1 aromatic carbocycles. The van der Waals surface area contributed by atoms with Crippen LogP contribution < -0.4 is 21.9 Å². The lowest BCUT2D eigenvalue weighted by molar-refractivity contribution is -0.114. The molecule has 1 amide bonds. The molecule has 0 fully saturated rings. The van der Waals surface area contributed by atoms with Crippen molar-refractivity contribution < 1.29 is 4.79 Å². The van der Waals surface area contributed by atoms with Gasteiger partial charge in [0.15, 0.2) is 5.69 Å². The number of hydrogen-bond acceptors (Lipinski definition) is 5. The van der Waals surface area contributed by atoms with Crippen LogP contribution in [0.2, 0.25) is 0 Å². The van der Waals surface area contributed by atoms with Gasteiger partial charge in [0.1, 0.15) is 5.82 Å². The average molecular weight is 477 g/mol. The summed E-state index contributed by atoms with van der Waals surface area (Å²) in [5.74, 6) is -0.375. The normalized spacial score (nSPS) is 13.7. The summed E-state index contributed by atoms with van der Waals surface area (Å²) >= 11 is 1.52. The van der Waals surface area contributed by atoms with Gasteiger partial charge in [0.25, 0.3) is 11.5 Å². The predicted molar refractivity (Wildman–Crippen MR) is 138 cm³/mol. The number of anilines is 2. The highest BCUT2D eigenvalue weighted by molar-refractivity contribution is 7.10. The number of nitrogens with two attached hydrogens (primary N) is 1. The molecular formula is C26H28N4O3S. The van der Waals surface area contributed by atoms with Crippen LogP contribution in [0.3, 0.4) is 0 Å². The van der Waals surface area contributed by atoms with Crippen molar-refractivity contribution in [3.05, 3.63) is 96.8 Å². The molecule has 176 valence electrons. The number of aromatic nitrogens is 2.